The maximum Gasteiger partial charge on any atom is 0.417 e. The first-order chi connectivity index (χ1) is 14.7. The van der Waals surface area contributed by atoms with Crippen LogP contribution in [0.1, 0.15) is 27.2 Å². The molecule has 1 fully saturated rings. The zero-order valence-electron chi connectivity index (χ0n) is 16.9. The number of hydrogen-bond acceptors (Lipinski definition) is 5. The third-order valence-electron chi connectivity index (χ3n) is 5.14. The van der Waals surface area contributed by atoms with Crippen LogP contribution >= 0.6 is 0 Å². The van der Waals surface area contributed by atoms with E-state index in [0.29, 0.717) is 5.56 Å². The number of pyridine rings is 1. The number of alkyl halides is 3. The lowest BCUT2D eigenvalue weighted by atomic mass is 10.0. The number of halogens is 3. The summed E-state index contributed by atoms with van der Waals surface area (Å²) in [5.74, 6) is -0.741. The highest BCUT2D eigenvalue weighted by atomic mass is 19.4. The van der Waals surface area contributed by atoms with E-state index in [1.54, 1.807) is 25.1 Å². The van der Waals surface area contributed by atoms with Gasteiger partial charge in [-0.15, -0.1) is 0 Å². The van der Waals surface area contributed by atoms with Crippen LogP contribution in [0.25, 0.3) is 0 Å². The average molecular weight is 431 g/mol. The molecular weight excluding hydrogens is 411 g/mol. The SMILES string of the molecule is CNC(=O)C1CN(C(=O)c2ccc(C)nc2)CCN1c1ccc(C#N)c(C(F)(F)F)c1. The van der Waals surface area contributed by atoms with Crippen molar-refractivity contribution in [2.24, 2.45) is 0 Å². The first-order valence-electron chi connectivity index (χ1n) is 9.47. The maximum atomic E-state index is 13.4. The van der Waals surface area contributed by atoms with Crippen molar-refractivity contribution in [3.05, 3.63) is 58.9 Å². The van der Waals surface area contributed by atoms with Crippen molar-refractivity contribution < 1.29 is 22.8 Å². The zero-order valence-corrected chi connectivity index (χ0v) is 16.9. The second-order valence-corrected chi connectivity index (χ2v) is 7.10. The quantitative estimate of drug-likeness (QED) is 0.806. The minimum atomic E-state index is -4.71. The highest BCUT2D eigenvalue weighted by molar-refractivity contribution is 5.95. The average Bonchev–Trinajstić information content (AvgIpc) is 2.77. The molecule has 2 amide bonds. The van der Waals surface area contributed by atoms with Gasteiger partial charge in [-0.3, -0.25) is 14.6 Å². The smallest absolute Gasteiger partial charge is 0.357 e. The van der Waals surface area contributed by atoms with Crippen LogP contribution < -0.4 is 10.2 Å². The fraction of sp³-hybridized carbons (Fsp3) is 0.333. The summed E-state index contributed by atoms with van der Waals surface area (Å²) in [4.78, 5) is 32.5. The van der Waals surface area contributed by atoms with Gasteiger partial charge in [-0.25, -0.2) is 0 Å². The summed E-state index contributed by atoms with van der Waals surface area (Å²) < 4.78 is 40.1. The van der Waals surface area contributed by atoms with Gasteiger partial charge in [0.05, 0.1) is 29.3 Å². The molecule has 0 spiro atoms. The Kier molecular flexibility index (Phi) is 6.15. The number of nitrogens with one attached hydrogen (secondary N) is 1. The Morgan fingerprint density at radius 1 is 1.23 bits per heavy atom. The number of nitriles is 1. The first-order valence-corrected chi connectivity index (χ1v) is 9.47. The molecule has 1 saturated heterocycles. The van der Waals surface area contributed by atoms with Gasteiger partial charge in [0, 0.05) is 37.7 Å². The Morgan fingerprint density at radius 2 is 1.97 bits per heavy atom. The summed E-state index contributed by atoms with van der Waals surface area (Å²) in [5.41, 5.74) is -0.275. The van der Waals surface area contributed by atoms with Gasteiger partial charge in [0.2, 0.25) is 5.91 Å². The number of carbonyl (C=O) groups is 2. The number of likely N-dealkylation sites (N-methyl/N-ethyl adjacent to an activating group) is 1. The molecule has 162 valence electrons. The molecule has 31 heavy (non-hydrogen) atoms. The summed E-state index contributed by atoms with van der Waals surface area (Å²) in [5, 5.41) is 11.5. The number of benzene rings is 1. The molecule has 0 saturated carbocycles. The van der Waals surface area contributed by atoms with Gasteiger partial charge in [0.25, 0.3) is 5.91 Å². The van der Waals surface area contributed by atoms with E-state index in [9.17, 15) is 22.8 Å². The van der Waals surface area contributed by atoms with Crippen molar-refractivity contribution in [1.29, 1.82) is 5.26 Å². The minimum Gasteiger partial charge on any atom is -0.357 e. The van der Waals surface area contributed by atoms with E-state index in [1.807, 2.05) is 0 Å². The second-order valence-electron chi connectivity index (χ2n) is 7.10. The van der Waals surface area contributed by atoms with Crippen molar-refractivity contribution in [2.75, 3.05) is 31.6 Å². The standard InChI is InChI=1S/C21H20F3N5O2/c1-13-3-4-15(11-27-13)20(31)28-7-8-29(18(12-28)19(30)26-2)16-6-5-14(10-25)17(9-16)21(22,23)24/h3-6,9,11,18H,7-8,12H2,1-2H3,(H,26,30). The van der Waals surface area contributed by atoms with Crippen LogP contribution in [0, 0.1) is 18.3 Å². The fourth-order valence-electron chi connectivity index (χ4n) is 3.49. The molecule has 3 rings (SSSR count). The predicted octanol–water partition coefficient (Wildman–Crippen LogP) is 2.36. The molecule has 1 aliphatic rings. The number of piperazine rings is 1. The molecule has 1 unspecified atom stereocenters. The van der Waals surface area contributed by atoms with Crippen LogP contribution in [-0.2, 0) is 11.0 Å². The van der Waals surface area contributed by atoms with E-state index in [0.717, 1.165) is 17.8 Å². The van der Waals surface area contributed by atoms with Crippen molar-refractivity contribution in [1.82, 2.24) is 15.2 Å². The molecule has 2 aromatic rings. The van der Waals surface area contributed by atoms with Crippen LogP contribution in [0.15, 0.2) is 36.5 Å². The molecule has 1 aromatic heterocycles. The minimum absolute atomic E-state index is 0.00621. The molecule has 0 radical (unpaired) electrons. The molecule has 7 nitrogen and oxygen atoms in total. The highest BCUT2D eigenvalue weighted by Gasteiger charge is 2.37. The molecule has 2 heterocycles. The van der Waals surface area contributed by atoms with E-state index < -0.39 is 29.3 Å². The van der Waals surface area contributed by atoms with Gasteiger partial charge in [0.15, 0.2) is 0 Å². The van der Waals surface area contributed by atoms with Crippen LogP contribution in [0.5, 0.6) is 0 Å². The lowest BCUT2D eigenvalue weighted by Crippen LogP contribution is -2.60. The number of nitrogens with zero attached hydrogens (tertiary/aromatic N) is 4. The molecule has 1 atom stereocenters. The van der Waals surface area contributed by atoms with Crippen LogP contribution in [0.4, 0.5) is 18.9 Å². The van der Waals surface area contributed by atoms with E-state index in [4.69, 9.17) is 5.26 Å². The van der Waals surface area contributed by atoms with E-state index in [1.165, 1.54) is 29.1 Å². The monoisotopic (exact) mass is 431 g/mol. The summed E-state index contributed by atoms with van der Waals surface area (Å²) in [6.45, 7) is 2.14. The molecule has 1 aromatic carbocycles. The predicted molar refractivity (Wildman–Crippen MR) is 106 cm³/mol. The molecule has 10 heteroatoms. The number of hydrogen-bond donors (Lipinski definition) is 1. The third-order valence-corrected chi connectivity index (χ3v) is 5.14. The Labute approximate surface area is 177 Å². The van der Waals surface area contributed by atoms with E-state index in [-0.39, 0.29) is 31.2 Å². The maximum absolute atomic E-state index is 13.4. The van der Waals surface area contributed by atoms with E-state index >= 15 is 0 Å². The van der Waals surface area contributed by atoms with Gasteiger partial charge in [-0.05, 0) is 37.3 Å². The number of rotatable bonds is 3. The summed E-state index contributed by atoms with van der Waals surface area (Å²) >= 11 is 0. The lowest BCUT2D eigenvalue weighted by Gasteiger charge is -2.42. The van der Waals surface area contributed by atoms with Crippen LogP contribution in [-0.4, -0.2) is 54.4 Å². The Hall–Kier alpha value is -3.61. The van der Waals surface area contributed by atoms with Crippen LogP contribution in [0.2, 0.25) is 0 Å². The van der Waals surface area contributed by atoms with Gasteiger partial charge >= 0.3 is 6.18 Å². The van der Waals surface area contributed by atoms with Gasteiger partial charge in [-0.2, -0.15) is 18.4 Å². The molecule has 0 aliphatic carbocycles. The number of carbonyl (C=O) groups excluding carboxylic acids is 2. The van der Waals surface area contributed by atoms with Crippen molar-refractivity contribution in [2.45, 2.75) is 19.1 Å². The number of aromatic nitrogens is 1. The zero-order chi connectivity index (χ0) is 22.8. The molecule has 1 N–H and O–H groups in total. The Balaban J connectivity index is 1.91. The molecule has 1 aliphatic heterocycles. The highest BCUT2D eigenvalue weighted by Crippen LogP contribution is 2.35. The topological polar surface area (TPSA) is 89.3 Å². The third kappa shape index (κ3) is 4.60. The first kappa shape index (κ1) is 22.1. The summed E-state index contributed by atoms with van der Waals surface area (Å²) in [7, 11) is 1.42. The van der Waals surface area contributed by atoms with Crippen molar-refractivity contribution in [3.8, 4) is 6.07 Å². The second kappa shape index (κ2) is 8.63. The molecule has 0 bridgehead atoms. The van der Waals surface area contributed by atoms with Crippen LogP contribution in [0.3, 0.4) is 0 Å². The van der Waals surface area contributed by atoms with Crippen molar-refractivity contribution in [3.63, 3.8) is 0 Å². The number of anilines is 1. The Morgan fingerprint density at radius 3 is 2.55 bits per heavy atom. The normalized spacial score (nSPS) is 16.6. The molecular formula is C21H20F3N5O2. The lowest BCUT2D eigenvalue weighted by molar-refractivity contribution is -0.137. The largest absolute Gasteiger partial charge is 0.417 e. The summed E-state index contributed by atoms with van der Waals surface area (Å²) in [6.07, 6.45) is -3.25. The van der Waals surface area contributed by atoms with Gasteiger partial charge in [-0.1, -0.05) is 0 Å². The van der Waals surface area contributed by atoms with Gasteiger partial charge < -0.3 is 15.1 Å². The van der Waals surface area contributed by atoms with Crippen molar-refractivity contribution >= 4 is 17.5 Å². The van der Waals surface area contributed by atoms with Gasteiger partial charge in [0.1, 0.15) is 6.04 Å². The number of aryl methyl sites for hydroxylation is 1. The van der Waals surface area contributed by atoms with E-state index in [2.05, 4.69) is 10.3 Å². The fourth-order valence-corrected chi connectivity index (χ4v) is 3.49. The Bertz CT molecular complexity index is 1030. The summed E-state index contributed by atoms with van der Waals surface area (Å²) in [6, 6.07) is 7.34. The number of amides is 2.